The van der Waals surface area contributed by atoms with Gasteiger partial charge in [0.25, 0.3) is 0 Å². The van der Waals surface area contributed by atoms with Gasteiger partial charge in [-0.25, -0.2) is 4.39 Å². The van der Waals surface area contributed by atoms with E-state index in [-0.39, 0.29) is 17.4 Å². The van der Waals surface area contributed by atoms with Gasteiger partial charge in [-0.3, -0.25) is 9.80 Å². The molecule has 1 aliphatic rings. The van der Waals surface area contributed by atoms with E-state index < -0.39 is 0 Å². The molecule has 0 aliphatic carbocycles. The molecule has 2 N–H and O–H groups in total. The zero-order valence-corrected chi connectivity index (χ0v) is 13.8. The summed E-state index contributed by atoms with van der Waals surface area (Å²) < 4.78 is 13.6. The van der Waals surface area contributed by atoms with Crippen molar-refractivity contribution in [2.24, 2.45) is 5.73 Å². The van der Waals surface area contributed by atoms with Crippen LogP contribution in [0.3, 0.4) is 0 Å². The fraction of sp³-hybridized carbons (Fsp3) is 0.625. The van der Waals surface area contributed by atoms with E-state index in [4.69, 9.17) is 17.3 Å². The highest BCUT2D eigenvalue weighted by molar-refractivity contribution is 6.30. The van der Waals surface area contributed by atoms with Crippen LogP contribution in [-0.4, -0.2) is 48.1 Å². The fourth-order valence-corrected chi connectivity index (χ4v) is 3.20. The molecule has 1 unspecified atom stereocenters. The van der Waals surface area contributed by atoms with Crippen LogP contribution in [0.25, 0.3) is 0 Å². The molecule has 0 radical (unpaired) electrons. The molecule has 5 heteroatoms. The molecule has 1 heterocycles. The van der Waals surface area contributed by atoms with Crippen LogP contribution in [0.4, 0.5) is 4.39 Å². The van der Waals surface area contributed by atoms with Crippen molar-refractivity contribution in [1.82, 2.24) is 9.80 Å². The van der Waals surface area contributed by atoms with Crippen LogP contribution in [-0.2, 0) is 0 Å². The van der Waals surface area contributed by atoms with E-state index in [9.17, 15) is 4.39 Å². The molecule has 21 heavy (non-hydrogen) atoms. The molecule has 1 aliphatic heterocycles. The van der Waals surface area contributed by atoms with Crippen LogP contribution in [0.2, 0.25) is 5.02 Å². The van der Waals surface area contributed by atoms with Crippen LogP contribution in [0.15, 0.2) is 18.2 Å². The van der Waals surface area contributed by atoms with Gasteiger partial charge in [0.05, 0.1) is 0 Å². The summed E-state index contributed by atoms with van der Waals surface area (Å²) in [4.78, 5) is 4.79. The maximum absolute atomic E-state index is 13.6. The standard InChI is InChI=1S/C16H25ClFN3/c1-16(2,3)21-6-4-20(5-7-21)15(11-19)12-8-13(17)10-14(18)9-12/h8-10,15H,4-7,11,19H2,1-3H3. The molecule has 1 aromatic rings. The van der Waals surface area contributed by atoms with Crippen LogP contribution in [0.1, 0.15) is 32.4 Å². The largest absolute Gasteiger partial charge is 0.329 e. The predicted octanol–water partition coefficient (Wildman–Crippen LogP) is 2.90. The summed E-state index contributed by atoms with van der Waals surface area (Å²) >= 11 is 5.97. The number of rotatable bonds is 3. The molecule has 0 amide bonds. The fourth-order valence-electron chi connectivity index (χ4n) is 2.97. The molecule has 0 aromatic heterocycles. The van der Waals surface area contributed by atoms with Crippen LogP contribution in [0, 0.1) is 5.82 Å². The summed E-state index contributed by atoms with van der Waals surface area (Å²) in [6.07, 6.45) is 0. The highest BCUT2D eigenvalue weighted by Crippen LogP contribution is 2.26. The Bertz CT molecular complexity index is 459. The summed E-state index contributed by atoms with van der Waals surface area (Å²) in [5.41, 5.74) is 6.99. The van der Waals surface area contributed by atoms with E-state index in [1.165, 1.54) is 6.07 Å². The van der Waals surface area contributed by atoms with Gasteiger partial charge in [-0.05, 0) is 44.5 Å². The van der Waals surface area contributed by atoms with Gasteiger partial charge in [0.1, 0.15) is 5.82 Å². The molecule has 0 saturated carbocycles. The number of hydrogen-bond acceptors (Lipinski definition) is 3. The Kier molecular flexibility index (Phi) is 5.25. The Morgan fingerprint density at radius 3 is 2.29 bits per heavy atom. The Balaban J connectivity index is 2.09. The van der Waals surface area contributed by atoms with Gasteiger partial charge in [0, 0.05) is 49.3 Å². The lowest BCUT2D eigenvalue weighted by molar-refractivity contribution is 0.0433. The van der Waals surface area contributed by atoms with Gasteiger partial charge in [-0.1, -0.05) is 11.6 Å². The second-order valence-electron chi connectivity index (χ2n) is 6.65. The lowest BCUT2D eigenvalue weighted by atomic mass is 10.0. The van der Waals surface area contributed by atoms with Gasteiger partial charge in [-0.2, -0.15) is 0 Å². The normalized spacial score (nSPS) is 19.7. The number of hydrogen-bond donors (Lipinski definition) is 1. The number of piperazine rings is 1. The van der Waals surface area contributed by atoms with Crippen molar-refractivity contribution in [1.29, 1.82) is 0 Å². The Morgan fingerprint density at radius 1 is 1.19 bits per heavy atom. The second kappa shape index (κ2) is 6.61. The molecule has 1 fully saturated rings. The molecular formula is C16H25ClFN3. The summed E-state index contributed by atoms with van der Waals surface area (Å²) in [5.74, 6) is -0.302. The lowest BCUT2D eigenvalue weighted by Gasteiger charge is -2.44. The van der Waals surface area contributed by atoms with Crippen molar-refractivity contribution < 1.29 is 4.39 Å². The minimum Gasteiger partial charge on any atom is -0.329 e. The monoisotopic (exact) mass is 313 g/mol. The van der Waals surface area contributed by atoms with Crippen molar-refractivity contribution in [2.45, 2.75) is 32.4 Å². The molecule has 1 saturated heterocycles. The minimum atomic E-state index is -0.302. The Morgan fingerprint density at radius 2 is 1.81 bits per heavy atom. The van der Waals surface area contributed by atoms with Gasteiger partial charge in [0.15, 0.2) is 0 Å². The first kappa shape index (κ1) is 16.7. The number of nitrogens with two attached hydrogens (primary N) is 1. The lowest BCUT2D eigenvalue weighted by Crippen LogP contribution is -2.54. The van der Waals surface area contributed by atoms with E-state index in [0.717, 1.165) is 31.7 Å². The third-order valence-corrected chi connectivity index (χ3v) is 4.41. The van der Waals surface area contributed by atoms with Crippen LogP contribution >= 0.6 is 11.6 Å². The third kappa shape index (κ3) is 4.16. The molecule has 2 rings (SSSR count). The zero-order valence-electron chi connectivity index (χ0n) is 13.1. The first-order valence-electron chi connectivity index (χ1n) is 7.46. The van der Waals surface area contributed by atoms with Gasteiger partial charge in [0.2, 0.25) is 0 Å². The van der Waals surface area contributed by atoms with Crippen molar-refractivity contribution >= 4 is 11.6 Å². The van der Waals surface area contributed by atoms with Gasteiger partial charge in [-0.15, -0.1) is 0 Å². The molecule has 3 nitrogen and oxygen atoms in total. The highest BCUT2D eigenvalue weighted by Gasteiger charge is 2.29. The van der Waals surface area contributed by atoms with E-state index >= 15 is 0 Å². The predicted molar refractivity (Wildman–Crippen MR) is 86.1 cm³/mol. The summed E-state index contributed by atoms with van der Waals surface area (Å²) in [5, 5.41) is 0.428. The summed E-state index contributed by atoms with van der Waals surface area (Å²) in [7, 11) is 0. The molecule has 1 aromatic carbocycles. The SMILES string of the molecule is CC(C)(C)N1CCN(C(CN)c2cc(F)cc(Cl)c2)CC1. The average Bonchev–Trinajstić information content (AvgIpc) is 2.38. The number of nitrogens with zero attached hydrogens (tertiary/aromatic N) is 2. The van der Waals surface area contributed by atoms with E-state index in [1.807, 2.05) is 6.07 Å². The average molecular weight is 314 g/mol. The maximum atomic E-state index is 13.6. The van der Waals surface area contributed by atoms with Crippen LogP contribution in [0.5, 0.6) is 0 Å². The maximum Gasteiger partial charge on any atom is 0.125 e. The Hall–Kier alpha value is -0.680. The van der Waals surface area contributed by atoms with E-state index in [0.29, 0.717) is 11.6 Å². The minimum absolute atomic E-state index is 0.0281. The molecule has 1 atom stereocenters. The first-order valence-corrected chi connectivity index (χ1v) is 7.84. The van der Waals surface area contributed by atoms with Crippen molar-refractivity contribution in [3.8, 4) is 0 Å². The van der Waals surface area contributed by atoms with Gasteiger partial charge < -0.3 is 5.73 Å². The molecule has 118 valence electrons. The van der Waals surface area contributed by atoms with Crippen molar-refractivity contribution in [2.75, 3.05) is 32.7 Å². The highest BCUT2D eigenvalue weighted by atomic mass is 35.5. The van der Waals surface area contributed by atoms with E-state index in [2.05, 4.69) is 30.6 Å². The summed E-state index contributed by atoms with van der Waals surface area (Å²) in [6, 6.07) is 4.72. The second-order valence-corrected chi connectivity index (χ2v) is 7.08. The number of halogens is 2. The van der Waals surface area contributed by atoms with E-state index in [1.54, 1.807) is 6.07 Å². The zero-order chi connectivity index (χ0) is 15.6. The number of benzene rings is 1. The Labute approximate surface area is 131 Å². The molecule has 0 bridgehead atoms. The van der Waals surface area contributed by atoms with Crippen LogP contribution < -0.4 is 5.73 Å². The van der Waals surface area contributed by atoms with Gasteiger partial charge >= 0.3 is 0 Å². The smallest absolute Gasteiger partial charge is 0.125 e. The molecule has 0 spiro atoms. The van der Waals surface area contributed by atoms with Crippen molar-refractivity contribution in [3.63, 3.8) is 0 Å². The first-order chi connectivity index (χ1) is 9.81. The summed E-state index contributed by atoms with van der Waals surface area (Å²) in [6.45, 7) is 11.0. The van der Waals surface area contributed by atoms with Crippen molar-refractivity contribution in [3.05, 3.63) is 34.6 Å². The third-order valence-electron chi connectivity index (χ3n) is 4.20. The quantitative estimate of drug-likeness (QED) is 0.931. The topological polar surface area (TPSA) is 32.5 Å². The molecular weight excluding hydrogens is 289 g/mol.